The molecule has 0 unspecified atom stereocenters. The van der Waals surface area contributed by atoms with Gasteiger partial charge in [0.25, 0.3) is 5.91 Å². The van der Waals surface area contributed by atoms with E-state index in [4.69, 9.17) is 23.2 Å². The molecule has 2 aromatic rings. The highest BCUT2D eigenvalue weighted by Crippen LogP contribution is 2.42. The summed E-state index contributed by atoms with van der Waals surface area (Å²) < 4.78 is 0. The molecule has 1 aliphatic heterocycles. The lowest BCUT2D eigenvalue weighted by molar-refractivity contribution is -0.132. The summed E-state index contributed by atoms with van der Waals surface area (Å²) in [6.07, 6.45) is 2.49. The first-order chi connectivity index (χ1) is 11.5. The predicted octanol–water partition coefficient (Wildman–Crippen LogP) is 4.34. The van der Waals surface area contributed by atoms with E-state index >= 15 is 0 Å². The van der Waals surface area contributed by atoms with E-state index in [0.29, 0.717) is 16.5 Å². The zero-order valence-electron chi connectivity index (χ0n) is 12.6. The van der Waals surface area contributed by atoms with Crippen molar-refractivity contribution in [1.82, 2.24) is 10.2 Å². The molecule has 4 rings (SSSR count). The Morgan fingerprint density at radius 2 is 2.04 bits per heavy atom. The molecule has 1 fully saturated rings. The van der Waals surface area contributed by atoms with E-state index in [1.165, 1.54) is 9.78 Å². The van der Waals surface area contributed by atoms with Crippen LogP contribution in [-0.2, 0) is 23.3 Å². The maximum atomic E-state index is 13.1. The van der Waals surface area contributed by atoms with Crippen molar-refractivity contribution in [3.63, 3.8) is 0 Å². The van der Waals surface area contributed by atoms with Crippen molar-refractivity contribution in [2.75, 3.05) is 0 Å². The third-order valence-corrected chi connectivity index (χ3v) is 6.38. The second-order valence-corrected chi connectivity index (χ2v) is 7.90. The number of rotatable bonds is 2. The molecule has 1 N–H and O–H groups in total. The number of amides is 3. The van der Waals surface area contributed by atoms with Gasteiger partial charge in [-0.15, -0.1) is 11.3 Å². The number of halogens is 2. The van der Waals surface area contributed by atoms with Crippen LogP contribution in [0.5, 0.6) is 0 Å². The van der Waals surface area contributed by atoms with Gasteiger partial charge in [0.15, 0.2) is 0 Å². The van der Waals surface area contributed by atoms with Gasteiger partial charge in [-0.05, 0) is 48.4 Å². The van der Waals surface area contributed by atoms with Crippen LogP contribution < -0.4 is 5.32 Å². The molecule has 24 heavy (non-hydrogen) atoms. The number of thiophene rings is 1. The topological polar surface area (TPSA) is 49.4 Å². The highest BCUT2D eigenvalue weighted by Gasteiger charge is 2.54. The molecule has 0 bridgehead atoms. The van der Waals surface area contributed by atoms with E-state index in [1.54, 1.807) is 29.5 Å². The van der Waals surface area contributed by atoms with Crippen LogP contribution in [0.15, 0.2) is 29.6 Å². The van der Waals surface area contributed by atoms with E-state index in [9.17, 15) is 9.59 Å². The van der Waals surface area contributed by atoms with Crippen molar-refractivity contribution in [1.29, 1.82) is 0 Å². The maximum absolute atomic E-state index is 13.1. The normalized spacial score (nSPS) is 22.8. The fourth-order valence-corrected chi connectivity index (χ4v) is 4.83. The molecule has 1 spiro atoms. The molecule has 4 nitrogen and oxygen atoms in total. The van der Waals surface area contributed by atoms with Crippen LogP contribution in [0.2, 0.25) is 10.0 Å². The van der Waals surface area contributed by atoms with Crippen molar-refractivity contribution >= 4 is 46.5 Å². The SMILES string of the molecule is O=C1N[C@]2(CCCc3sccc32)C(=O)N1Cc1ccc(Cl)c(Cl)c1. The van der Waals surface area contributed by atoms with Crippen molar-refractivity contribution in [2.24, 2.45) is 0 Å². The molecule has 3 amide bonds. The largest absolute Gasteiger partial charge is 0.325 e. The number of hydrogen-bond donors (Lipinski definition) is 1. The molecular weight excluding hydrogens is 367 g/mol. The third kappa shape index (κ3) is 2.34. The lowest BCUT2D eigenvalue weighted by Crippen LogP contribution is -2.46. The third-order valence-electron chi connectivity index (χ3n) is 4.66. The molecule has 2 heterocycles. The summed E-state index contributed by atoms with van der Waals surface area (Å²) in [7, 11) is 0. The Morgan fingerprint density at radius 1 is 1.21 bits per heavy atom. The standard InChI is InChI=1S/C17H14Cl2N2O2S/c18-12-4-3-10(8-13(12)19)9-21-15(22)17(20-16(21)23)6-1-2-14-11(17)5-7-24-14/h3-5,7-8H,1-2,6,9H2,(H,20,23)/t17-/m0/s1. The molecule has 1 aromatic heterocycles. The minimum absolute atomic E-state index is 0.182. The average molecular weight is 381 g/mol. The van der Waals surface area contributed by atoms with Gasteiger partial charge in [-0.2, -0.15) is 0 Å². The van der Waals surface area contributed by atoms with E-state index in [0.717, 1.165) is 24.0 Å². The van der Waals surface area contributed by atoms with Gasteiger partial charge in [-0.25, -0.2) is 4.79 Å². The summed E-state index contributed by atoms with van der Waals surface area (Å²) >= 11 is 13.6. The molecule has 1 atom stereocenters. The Bertz CT molecular complexity index is 851. The van der Waals surface area contributed by atoms with Gasteiger partial charge in [0.05, 0.1) is 16.6 Å². The second-order valence-electron chi connectivity index (χ2n) is 6.09. The molecule has 1 aliphatic carbocycles. The number of aryl methyl sites for hydroxylation is 1. The highest BCUT2D eigenvalue weighted by molar-refractivity contribution is 7.10. The lowest BCUT2D eigenvalue weighted by Gasteiger charge is -2.31. The van der Waals surface area contributed by atoms with Crippen LogP contribution in [0.3, 0.4) is 0 Å². The number of benzene rings is 1. The summed E-state index contributed by atoms with van der Waals surface area (Å²) in [6.45, 7) is 0.183. The molecule has 124 valence electrons. The van der Waals surface area contributed by atoms with Crippen molar-refractivity contribution in [2.45, 2.75) is 31.3 Å². The summed E-state index contributed by atoms with van der Waals surface area (Å²) in [4.78, 5) is 28.0. The van der Waals surface area contributed by atoms with Crippen LogP contribution in [0, 0.1) is 0 Å². The Balaban J connectivity index is 1.67. The molecule has 7 heteroatoms. The van der Waals surface area contributed by atoms with Gasteiger partial charge in [0, 0.05) is 10.4 Å². The zero-order chi connectivity index (χ0) is 16.9. The summed E-state index contributed by atoms with van der Waals surface area (Å²) in [5, 5.41) is 5.79. The Kier molecular flexibility index (Phi) is 3.82. The van der Waals surface area contributed by atoms with Crippen LogP contribution in [0.1, 0.15) is 28.8 Å². The first-order valence-corrected chi connectivity index (χ1v) is 9.30. The molecule has 0 saturated carbocycles. The summed E-state index contributed by atoms with van der Waals surface area (Å²) in [5.74, 6) is -0.182. The smallest absolute Gasteiger partial charge is 0.319 e. The average Bonchev–Trinajstić information content (AvgIpc) is 3.12. The Hall–Kier alpha value is -1.56. The van der Waals surface area contributed by atoms with Crippen LogP contribution >= 0.6 is 34.5 Å². The first kappa shape index (κ1) is 15.9. The summed E-state index contributed by atoms with van der Waals surface area (Å²) in [5.41, 5.74) is 0.820. The molecule has 1 aromatic carbocycles. The number of carbonyl (C=O) groups is 2. The number of urea groups is 1. The van der Waals surface area contributed by atoms with Gasteiger partial charge >= 0.3 is 6.03 Å². The highest BCUT2D eigenvalue weighted by atomic mass is 35.5. The quantitative estimate of drug-likeness (QED) is 0.787. The van der Waals surface area contributed by atoms with Gasteiger partial charge < -0.3 is 5.32 Å². The minimum Gasteiger partial charge on any atom is -0.319 e. The number of nitrogens with one attached hydrogen (secondary N) is 1. The number of nitrogens with zero attached hydrogens (tertiary/aromatic N) is 1. The predicted molar refractivity (Wildman–Crippen MR) is 94.5 cm³/mol. The van der Waals surface area contributed by atoms with Crippen LogP contribution in [-0.4, -0.2) is 16.8 Å². The summed E-state index contributed by atoms with van der Waals surface area (Å²) in [6, 6.07) is 6.73. The number of imide groups is 1. The second kappa shape index (κ2) is 5.76. The van der Waals surface area contributed by atoms with Gasteiger partial charge in [-0.1, -0.05) is 29.3 Å². The van der Waals surface area contributed by atoms with E-state index in [-0.39, 0.29) is 18.5 Å². The van der Waals surface area contributed by atoms with Crippen LogP contribution in [0.4, 0.5) is 4.79 Å². The molecular formula is C17H14Cl2N2O2S. The van der Waals surface area contributed by atoms with Gasteiger partial charge in [0.1, 0.15) is 5.54 Å². The van der Waals surface area contributed by atoms with Crippen molar-refractivity contribution in [3.05, 3.63) is 55.7 Å². The lowest BCUT2D eigenvalue weighted by atomic mass is 9.80. The number of carbonyl (C=O) groups excluding carboxylic acids is 2. The fraction of sp³-hybridized carbons (Fsp3) is 0.294. The molecule has 1 saturated heterocycles. The van der Waals surface area contributed by atoms with E-state index in [1.807, 2.05) is 11.4 Å². The Labute approximate surface area is 153 Å². The maximum Gasteiger partial charge on any atom is 0.325 e. The fourth-order valence-electron chi connectivity index (χ4n) is 3.51. The first-order valence-electron chi connectivity index (χ1n) is 7.66. The Morgan fingerprint density at radius 3 is 2.83 bits per heavy atom. The number of hydrogen-bond acceptors (Lipinski definition) is 3. The number of fused-ring (bicyclic) bond motifs is 2. The van der Waals surface area contributed by atoms with Crippen molar-refractivity contribution in [3.8, 4) is 0 Å². The van der Waals surface area contributed by atoms with Crippen LogP contribution in [0.25, 0.3) is 0 Å². The van der Waals surface area contributed by atoms with E-state index in [2.05, 4.69) is 5.32 Å². The van der Waals surface area contributed by atoms with Gasteiger partial charge in [0.2, 0.25) is 0 Å². The molecule has 0 radical (unpaired) electrons. The van der Waals surface area contributed by atoms with Crippen molar-refractivity contribution < 1.29 is 9.59 Å². The molecule has 2 aliphatic rings. The van der Waals surface area contributed by atoms with E-state index < -0.39 is 5.54 Å². The monoisotopic (exact) mass is 380 g/mol. The zero-order valence-corrected chi connectivity index (χ0v) is 15.0. The van der Waals surface area contributed by atoms with Gasteiger partial charge in [-0.3, -0.25) is 9.69 Å². The minimum atomic E-state index is -0.902.